The van der Waals surface area contributed by atoms with Crippen molar-refractivity contribution < 1.29 is 24.2 Å². The molecule has 0 unspecified atom stereocenters. The van der Waals surface area contributed by atoms with Gasteiger partial charge < -0.3 is 25.2 Å². The van der Waals surface area contributed by atoms with Gasteiger partial charge in [0.2, 0.25) is 0 Å². The lowest BCUT2D eigenvalue weighted by Crippen LogP contribution is -2.29. The van der Waals surface area contributed by atoms with E-state index in [0.29, 0.717) is 0 Å². The zero-order chi connectivity index (χ0) is 21.3. The van der Waals surface area contributed by atoms with Crippen LogP contribution in [0.25, 0.3) is 0 Å². The summed E-state index contributed by atoms with van der Waals surface area (Å²) >= 11 is 0. The third kappa shape index (κ3) is 5.51. The molecule has 0 saturated carbocycles. The van der Waals surface area contributed by atoms with Gasteiger partial charge in [-0.15, -0.1) is 0 Å². The number of carbonyl (C=O) groups is 2. The number of aromatic carboxylic acids is 1. The number of methoxy groups -OCH3 is 1. The number of anilines is 1. The molecule has 0 bridgehead atoms. The van der Waals surface area contributed by atoms with E-state index >= 15 is 0 Å². The number of para-hydroxylation sites is 1. The third-order valence-electron chi connectivity index (χ3n) is 4.34. The van der Waals surface area contributed by atoms with Crippen LogP contribution in [-0.4, -0.2) is 24.2 Å². The average molecular weight is 406 g/mol. The van der Waals surface area contributed by atoms with E-state index < -0.39 is 12.0 Å². The topological polar surface area (TPSA) is 96.9 Å². The van der Waals surface area contributed by atoms with E-state index in [2.05, 4.69) is 10.6 Å². The summed E-state index contributed by atoms with van der Waals surface area (Å²) in [5.41, 5.74) is 1.85. The fourth-order valence-electron chi connectivity index (χ4n) is 2.78. The van der Waals surface area contributed by atoms with Crippen LogP contribution in [0.3, 0.4) is 0 Å². The number of ether oxygens (including phenoxy) is 2. The fraction of sp³-hybridized carbons (Fsp3) is 0.130. The van der Waals surface area contributed by atoms with Gasteiger partial charge in [0.15, 0.2) is 0 Å². The molecule has 0 spiro atoms. The summed E-state index contributed by atoms with van der Waals surface area (Å²) in [5.74, 6) is -0.164. The average Bonchev–Trinajstić information content (AvgIpc) is 2.77. The summed E-state index contributed by atoms with van der Waals surface area (Å²) in [4.78, 5) is 24.0. The van der Waals surface area contributed by atoms with Crippen molar-refractivity contribution in [1.29, 1.82) is 0 Å². The summed E-state index contributed by atoms with van der Waals surface area (Å²) in [6.45, 7) is 0.511. The Labute approximate surface area is 174 Å². The van der Waals surface area contributed by atoms with Gasteiger partial charge in [-0.3, -0.25) is 0 Å². The molecule has 3 N–H and O–H groups in total. The first-order chi connectivity index (χ1) is 14.6. The highest BCUT2D eigenvalue weighted by molar-refractivity contribution is 6.01. The molecule has 0 atom stereocenters. The predicted octanol–water partition coefficient (Wildman–Crippen LogP) is 4.29. The molecule has 0 fully saturated rings. The quantitative estimate of drug-likeness (QED) is 0.518. The van der Waals surface area contributed by atoms with Gasteiger partial charge in [-0.2, -0.15) is 0 Å². The second kappa shape index (κ2) is 9.97. The standard InChI is InChI=1S/C23H22N2O5/c1-29-18-12-10-16(11-13-18)14-24-23(28)25-21-19(22(26)27)8-5-9-20(21)30-15-17-6-3-2-4-7-17/h2-13H,14-15H2,1H3,(H,26,27)(H2,24,25,28). The Morgan fingerprint density at radius 3 is 2.30 bits per heavy atom. The summed E-state index contributed by atoms with van der Waals surface area (Å²) in [5, 5.41) is 14.8. The molecule has 30 heavy (non-hydrogen) atoms. The van der Waals surface area contributed by atoms with Crippen LogP contribution in [0.15, 0.2) is 72.8 Å². The van der Waals surface area contributed by atoms with Gasteiger partial charge in [0.25, 0.3) is 0 Å². The Bertz CT molecular complexity index is 1000. The van der Waals surface area contributed by atoms with E-state index in [-0.39, 0.29) is 30.2 Å². The van der Waals surface area contributed by atoms with Gasteiger partial charge in [0, 0.05) is 6.54 Å². The van der Waals surface area contributed by atoms with Crippen LogP contribution >= 0.6 is 0 Å². The van der Waals surface area contributed by atoms with E-state index in [9.17, 15) is 14.7 Å². The number of carbonyl (C=O) groups excluding carboxylic acids is 1. The molecule has 7 heteroatoms. The lowest BCUT2D eigenvalue weighted by atomic mass is 10.1. The minimum Gasteiger partial charge on any atom is -0.497 e. The molecule has 0 heterocycles. The molecule has 0 aliphatic heterocycles. The van der Waals surface area contributed by atoms with Gasteiger partial charge in [0.05, 0.1) is 18.4 Å². The van der Waals surface area contributed by atoms with Crippen LogP contribution in [0.4, 0.5) is 10.5 Å². The van der Waals surface area contributed by atoms with Crippen LogP contribution in [0, 0.1) is 0 Å². The van der Waals surface area contributed by atoms with E-state index in [0.717, 1.165) is 16.9 Å². The maximum Gasteiger partial charge on any atom is 0.337 e. The van der Waals surface area contributed by atoms with Crippen molar-refractivity contribution in [2.75, 3.05) is 12.4 Å². The summed E-state index contributed by atoms with van der Waals surface area (Å²) < 4.78 is 10.9. The Morgan fingerprint density at radius 1 is 0.900 bits per heavy atom. The van der Waals surface area contributed by atoms with Crippen molar-refractivity contribution >= 4 is 17.7 Å². The highest BCUT2D eigenvalue weighted by Crippen LogP contribution is 2.29. The Hall–Kier alpha value is -4.00. The molecule has 0 aliphatic carbocycles. The molecular weight excluding hydrogens is 384 g/mol. The van der Waals surface area contributed by atoms with Crippen molar-refractivity contribution in [2.24, 2.45) is 0 Å². The number of carboxylic acid groups (broad SMARTS) is 1. The maximum atomic E-state index is 12.4. The molecule has 0 aliphatic rings. The van der Waals surface area contributed by atoms with Crippen molar-refractivity contribution in [3.8, 4) is 11.5 Å². The molecule has 154 valence electrons. The third-order valence-corrected chi connectivity index (χ3v) is 4.34. The molecule has 3 aromatic rings. The fourth-order valence-corrected chi connectivity index (χ4v) is 2.78. The lowest BCUT2D eigenvalue weighted by Gasteiger charge is -2.15. The monoisotopic (exact) mass is 406 g/mol. The first-order valence-corrected chi connectivity index (χ1v) is 9.27. The second-order valence-electron chi connectivity index (χ2n) is 6.41. The number of amides is 2. The summed E-state index contributed by atoms with van der Waals surface area (Å²) in [7, 11) is 1.58. The predicted molar refractivity (Wildman–Crippen MR) is 113 cm³/mol. The minimum absolute atomic E-state index is 0.0554. The molecule has 3 aromatic carbocycles. The number of carboxylic acids is 1. The highest BCUT2D eigenvalue weighted by atomic mass is 16.5. The van der Waals surface area contributed by atoms with Crippen LogP contribution in [0.5, 0.6) is 11.5 Å². The summed E-state index contributed by atoms with van der Waals surface area (Å²) in [6.07, 6.45) is 0. The van der Waals surface area contributed by atoms with Crippen molar-refractivity contribution in [3.63, 3.8) is 0 Å². The minimum atomic E-state index is -1.16. The van der Waals surface area contributed by atoms with Crippen LogP contribution in [-0.2, 0) is 13.2 Å². The number of rotatable bonds is 8. The van der Waals surface area contributed by atoms with E-state index in [4.69, 9.17) is 9.47 Å². The molecule has 0 aromatic heterocycles. The van der Waals surface area contributed by atoms with Gasteiger partial charge in [-0.05, 0) is 35.4 Å². The zero-order valence-corrected chi connectivity index (χ0v) is 16.4. The molecular formula is C23H22N2O5. The van der Waals surface area contributed by atoms with Crippen molar-refractivity contribution in [3.05, 3.63) is 89.5 Å². The Kier molecular flexibility index (Phi) is 6.89. The van der Waals surface area contributed by atoms with E-state index in [1.54, 1.807) is 31.4 Å². The molecule has 0 saturated heterocycles. The number of hydrogen-bond donors (Lipinski definition) is 3. The number of benzene rings is 3. The first kappa shape index (κ1) is 20.7. The first-order valence-electron chi connectivity index (χ1n) is 9.27. The second-order valence-corrected chi connectivity index (χ2v) is 6.41. The molecule has 2 amide bonds. The van der Waals surface area contributed by atoms with Gasteiger partial charge in [-0.25, -0.2) is 9.59 Å². The van der Waals surface area contributed by atoms with Crippen molar-refractivity contribution in [1.82, 2.24) is 5.32 Å². The largest absolute Gasteiger partial charge is 0.497 e. The smallest absolute Gasteiger partial charge is 0.337 e. The Morgan fingerprint density at radius 2 is 1.63 bits per heavy atom. The number of hydrogen-bond acceptors (Lipinski definition) is 4. The molecule has 0 radical (unpaired) electrons. The summed E-state index contributed by atoms with van der Waals surface area (Å²) in [6, 6.07) is 20.8. The van der Waals surface area contributed by atoms with Crippen LogP contribution in [0.1, 0.15) is 21.5 Å². The van der Waals surface area contributed by atoms with Gasteiger partial charge in [-0.1, -0.05) is 48.5 Å². The van der Waals surface area contributed by atoms with E-state index in [1.807, 2.05) is 42.5 Å². The van der Waals surface area contributed by atoms with Crippen LogP contribution in [0.2, 0.25) is 0 Å². The van der Waals surface area contributed by atoms with Crippen LogP contribution < -0.4 is 20.1 Å². The van der Waals surface area contributed by atoms with Crippen molar-refractivity contribution in [2.45, 2.75) is 13.2 Å². The van der Waals surface area contributed by atoms with Gasteiger partial charge >= 0.3 is 12.0 Å². The zero-order valence-electron chi connectivity index (χ0n) is 16.4. The highest BCUT2D eigenvalue weighted by Gasteiger charge is 2.17. The lowest BCUT2D eigenvalue weighted by molar-refractivity contribution is 0.0697. The molecule has 3 rings (SSSR count). The SMILES string of the molecule is COc1ccc(CNC(=O)Nc2c(OCc3ccccc3)cccc2C(=O)O)cc1. The van der Waals surface area contributed by atoms with Gasteiger partial charge in [0.1, 0.15) is 18.1 Å². The number of nitrogens with one attached hydrogen (secondary N) is 2. The van der Waals surface area contributed by atoms with E-state index in [1.165, 1.54) is 6.07 Å². The number of urea groups is 1. The maximum absolute atomic E-state index is 12.4. The normalized spacial score (nSPS) is 10.2. The Balaban J connectivity index is 1.70. The molecule has 7 nitrogen and oxygen atoms in total.